The Labute approximate surface area is 91.7 Å². The normalized spacial score (nSPS) is 9.87. The lowest BCUT2D eigenvalue weighted by atomic mass is 9.92. The Morgan fingerprint density at radius 3 is 1.93 bits per heavy atom. The molecule has 0 fully saturated rings. The molecule has 0 unspecified atom stereocenters. The third-order valence-electron chi connectivity index (χ3n) is 2.52. The SMILES string of the molecule is Bc1ccc(C(=C)c2ccccc2)cc1. The average molecular weight is 192 g/mol. The zero-order valence-corrected chi connectivity index (χ0v) is 8.90. The molecule has 0 aromatic heterocycles. The van der Waals surface area contributed by atoms with Gasteiger partial charge >= 0.3 is 0 Å². The fourth-order valence-corrected chi connectivity index (χ4v) is 1.56. The first kappa shape index (κ1) is 9.79. The number of hydrogen-bond donors (Lipinski definition) is 0. The molecule has 0 aliphatic heterocycles. The third kappa shape index (κ3) is 2.19. The van der Waals surface area contributed by atoms with Crippen LogP contribution in [0, 0.1) is 0 Å². The van der Waals surface area contributed by atoms with Gasteiger partial charge in [0.15, 0.2) is 0 Å². The summed E-state index contributed by atoms with van der Waals surface area (Å²) in [5.41, 5.74) is 4.73. The van der Waals surface area contributed by atoms with Crippen LogP contribution in [0.3, 0.4) is 0 Å². The highest BCUT2D eigenvalue weighted by Crippen LogP contribution is 2.19. The highest BCUT2D eigenvalue weighted by atomic mass is 14.0. The molecule has 15 heavy (non-hydrogen) atoms. The highest BCUT2D eigenvalue weighted by molar-refractivity contribution is 6.32. The van der Waals surface area contributed by atoms with Gasteiger partial charge in [0, 0.05) is 0 Å². The topological polar surface area (TPSA) is 0 Å². The van der Waals surface area contributed by atoms with Crippen LogP contribution in [0.4, 0.5) is 0 Å². The van der Waals surface area contributed by atoms with Crippen LogP contribution in [0.5, 0.6) is 0 Å². The minimum atomic E-state index is 1.08. The molecule has 0 amide bonds. The summed E-state index contributed by atoms with van der Waals surface area (Å²) in [4.78, 5) is 0. The van der Waals surface area contributed by atoms with E-state index >= 15 is 0 Å². The monoisotopic (exact) mass is 192 g/mol. The molecule has 72 valence electrons. The van der Waals surface area contributed by atoms with Crippen molar-refractivity contribution in [2.24, 2.45) is 0 Å². The summed E-state index contributed by atoms with van der Waals surface area (Å²) in [6.45, 7) is 4.12. The molecule has 0 aliphatic rings. The van der Waals surface area contributed by atoms with E-state index in [-0.39, 0.29) is 0 Å². The molecular formula is C14H13B. The van der Waals surface area contributed by atoms with Gasteiger partial charge in [-0.15, -0.1) is 0 Å². The quantitative estimate of drug-likeness (QED) is 0.638. The van der Waals surface area contributed by atoms with Crippen molar-refractivity contribution >= 4 is 18.9 Å². The van der Waals surface area contributed by atoms with Gasteiger partial charge < -0.3 is 0 Å². The molecule has 0 radical (unpaired) electrons. The van der Waals surface area contributed by atoms with Crippen molar-refractivity contribution in [2.75, 3.05) is 0 Å². The van der Waals surface area contributed by atoms with Crippen LogP contribution in [0.2, 0.25) is 0 Å². The molecule has 0 saturated heterocycles. The molecule has 0 spiro atoms. The van der Waals surface area contributed by atoms with E-state index in [9.17, 15) is 0 Å². The summed E-state index contributed by atoms with van der Waals surface area (Å²) in [6, 6.07) is 18.7. The van der Waals surface area contributed by atoms with Gasteiger partial charge in [-0.3, -0.25) is 0 Å². The molecule has 2 aromatic rings. The largest absolute Gasteiger partial charge is 0.139 e. The Hall–Kier alpha value is -1.76. The second kappa shape index (κ2) is 4.18. The summed E-state index contributed by atoms with van der Waals surface area (Å²) in [5, 5.41) is 0. The van der Waals surface area contributed by atoms with Crippen LogP contribution < -0.4 is 5.46 Å². The van der Waals surface area contributed by atoms with Gasteiger partial charge in [0.1, 0.15) is 7.85 Å². The van der Waals surface area contributed by atoms with Crippen molar-refractivity contribution in [3.63, 3.8) is 0 Å². The minimum Gasteiger partial charge on any atom is -0.0906 e. The fraction of sp³-hybridized carbons (Fsp3) is 0. The van der Waals surface area contributed by atoms with Crippen molar-refractivity contribution in [1.29, 1.82) is 0 Å². The second-order valence-electron chi connectivity index (χ2n) is 3.71. The zero-order chi connectivity index (χ0) is 10.7. The molecule has 1 heteroatoms. The summed E-state index contributed by atoms with van der Waals surface area (Å²) in [7, 11) is 2.09. The van der Waals surface area contributed by atoms with Crippen LogP contribution in [0.25, 0.3) is 5.57 Å². The van der Waals surface area contributed by atoms with Crippen molar-refractivity contribution in [3.05, 3.63) is 72.3 Å². The maximum absolute atomic E-state index is 4.12. The number of hydrogen-bond acceptors (Lipinski definition) is 0. The molecule has 0 nitrogen and oxygen atoms in total. The Morgan fingerprint density at radius 1 is 0.800 bits per heavy atom. The molecule has 0 heterocycles. The van der Waals surface area contributed by atoms with Gasteiger partial charge in [-0.25, -0.2) is 0 Å². The lowest BCUT2D eigenvalue weighted by Crippen LogP contribution is -2.00. The maximum Gasteiger partial charge on any atom is 0.139 e. The first-order valence-corrected chi connectivity index (χ1v) is 5.09. The minimum absolute atomic E-state index is 1.08. The molecule has 0 atom stereocenters. The van der Waals surface area contributed by atoms with Crippen molar-refractivity contribution in [3.8, 4) is 0 Å². The van der Waals surface area contributed by atoms with Gasteiger partial charge in [0.05, 0.1) is 0 Å². The summed E-state index contributed by atoms with van der Waals surface area (Å²) >= 11 is 0. The first-order chi connectivity index (χ1) is 7.27. The Balaban J connectivity index is 2.33. The van der Waals surface area contributed by atoms with Gasteiger partial charge in [0.2, 0.25) is 0 Å². The van der Waals surface area contributed by atoms with E-state index in [4.69, 9.17) is 0 Å². The number of benzene rings is 2. The highest BCUT2D eigenvalue weighted by Gasteiger charge is 2.00. The molecule has 2 aromatic carbocycles. The maximum atomic E-state index is 4.12. The predicted molar refractivity (Wildman–Crippen MR) is 69.2 cm³/mol. The van der Waals surface area contributed by atoms with E-state index in [0.29, 0.717) is 0 Å². The number of rotatable bonds is 2. The van der Waals surface area contributed by atoms with E-state index < -0.39 is 0 Å². The van der Waals surface area contributed by atoms with Crippen molar-refractivity contribution in [1.82, 2.24) is 0 Å². The van der Waals surface area contributed by atoms with Crippen molar-refractivity contribution < 1.29 is 0 Å². The van der Waals surface area contributed by atoms with E-state index in [2.05, 4.69) is 50.8 Å². The average Bonchev–Trinajstić information content (AvgIpc) is 2.30. The summed E-state index contributed by atoms with van der Waals surface area (Å²) in [6.07, 6.45) is 0. The lowest BCUT2D eigenvalue weighted by molar-refractivity contribution is 1.57. The van der Waals surface area contributed by atoms with Gasteiger partial charge in [-0.05, 0) is 16.7 Å². The van der Waals surface area contributed by atoms with Gasteiger partial charge in [0.25, 0.3) is 0 Å². The molecule has 0 N–H and O–H groups in total. The van der Waals surface area contributed by atoms with Crippen LogP contribution in [-0.4, -0.2) is 7.85 Å². The molecule has 0 bridgehead atoms. The van der Waals surface area contributed by atoms with Crippen LogP contribution in [0.15, 0.2) is 61.2 Å². The van der Waals surface area contributed by atoms with Crippen molar-refractivity contribution in [2.45, 2.75) is 0 Å². The van der Waals surface area contributed by atoms with E-state index in [0.717, 1.165) is 5.57 Å². The molecule has 0 aliphatic carbocycles. The first-order valence-electron chi connectivity index (χ1n) is 5.09. The van der Waals surface area contributed by atoms with Crippen LogP contribution in [0.1, 0.15) is 11.1 Å². The molecular weight excluding hydrogens is 179 g/mol. The fourth-order valence-electron chi connectivity index (χ4n) is 1.56. The van der Waals surface area contributed by atoms with Crippen LogP contribution in [-0.2, 0) is 0 Å². The van der Waals surface area contributed by atoms with E-state index in [1.165, 1.54) is 16.6 Å². The smallest absolute Gasteiger partial charge is 0.0906 e. The Morgan fingerprint density at radius 2 is 1.33 bits per heavy atom. The second-order valence-corrected chi connectivity index (χ2v) is 3.71. The standard InChI is InChI=1S/C14H13B/c1-11(12-5-3-2-4-6-12)13-7-9-14(15)10-8-13/h2-10H,1,15H2. The Bertz CT molecular complexity index is 454. The van der Waals surface area contributed by atoms with Gasteiger partial charge in [-0.1, -0.05) is 66.6 Å². The van der Waals surface area contributed by atoms with Crippen LogP contribution >= 0.6 is 0 Å². The van der Waals surface area contributed by atoms with Gasteiger partial charge in [-0.2, -0.15) is 0 Å². The molecule has 2 rings (SSSR count). The zero-order valence-electron chi connectivity index (χ0n) is 8.90. The van der Waals surface area contributed by atoms with E-state index in [1.807, 2.05) is 18.2 Å². The lowest BCUT2D eigenvalue weighted by Gasteiger charge is -2.06. The third-order valence-corrected chi connectivity index (χ3v) is 2.52. The Kier molecular flexibility index (Phi) is 2.73. The van der Waals surface area contributed by atoms with E-state index in [1.54, 1.807) is 0 Å². The summed E-state index contributed by atoms with van der Waals surface area (Å²) < 4.78 is 0. The predicted octanol–water partition coefficient (Wildman–Crippen LogP) is 2.01. The summed E-state index contributed by atoms with van der Waals surface area (Å²) in [5.74, 6) is 0. The molecule has 0 saturated carbocycles.